The Balaban J connectivity index is 1.65. The summed E-state index contributed by atoms with van der Waals surface area (Å²) in [7, 11) is 0. The molecule has 3 rings (SSSR count). The van der Waals surface area contributed by atoms with E-state index in [1.165, 1.54) is 0 Å². The van der Waals surface area contributed by atoms with Crippen molar-refractivity contribution in [3.05, 3.63) is 42.0 Å². The summed E-state index contributed by atoms with van der Waals surface area (Å²) in [5.74, 6) is 2.43. The van der Waals surface area contributed by atoms with Crippen LogP contribution in [-0.4, -0.2) is 50.3 Å². The Morgan fingerprint density at radius 2 is 1.90 bits per heavy atom. The highest BCUT2D eigenvalue weighted by atomic mass is 32.2. The van der Waals surface area contributed by atoms with E-state index in [1.807, 2.05) is 42.2 Å². The molecule has 2 aromatic rings. The standard InChI is InChI=1S/C21H29N5O2S/c1-4-18(27)22-20(15(2)3)21-24-23-17-10-11-25(12-13-26(17)21)19(28)14-29-16-8-6-5-7-9-16/h5-9,15,20H,4,10-14H2,1-3H3,(H,22,27). The molecule has 1 aliphatic rings. The number of nitrogens with one attached hydrogen (secondary N) is 1. The molecule has 0 fully saturated rings. The molecule has 8 heteroatoms. The largest absolute Gasteiger partial charge is 0.346 e. The predicted octanol–water partition coefficient (Wildman–Crippen LogP) is 2.68. The Bertz CT molecular complexity index is 837. The number of amides is 2. The first-order chi connectivity index (χ1) is 14.0. The van der Waals surface area contributed by atoms with E-state index in [0.29, 0.717) is 38.2 Å². The van der Waals surface area contributed by atoms with Crippen molar-refractivity contribution in [2.45, 2.75) is 51.1 Å². The molecule has 1 N–H and O–H groups in total. The van der Waals surface area contributed by atoms with Gasteiger partial charge in [-0.05, 0) is 18.1 Å². The Kier molecular flexibility index (Phi) is 7.30. The van der Waals surface area contributed by atoms with E-state index in [0.717, 1.165) is 16.5 Å². The second-order valence-electron chi connectivity index (χ2n) is 7.50. The number of carbonyl (C=O) groups excluding carboxylic acids is 2. The summed E-state index contributed by atoms with van der Waals surface area (Å²) in [4.78, 5) is 27.7. The normalized spacial score (nSPS) is 15.0. The Hall–Kier alpha value is -2.35. The smallest absolute Gasteiger partial charge is 0.233 e. The number of hydrogen-bond acceptors (Lipinski definition) is 5. The van der Waals surface area contributed by atoms with Crippen molar-refractivity contribution in [1.29, 1.82) is 0 Å². The number of hydrogen-bond donors (Lipinski definition) is 1. The minimum atomic E-state index is -0.181. The average Bonchev–Trinajstić information content (AvgIpc) is 3.00. The van der Waals surface area contributed by atoms with Crippen molar-refractivity contribution >= 4 is 23.6 Å². The zero-order chi connectivity index (χ0) is 20.8. The van der Waals surface area contributed by atoms with Crippen LogP contribution in [0, 0.1) is 5.92 Å². The summed E-state index contributed by atoms with van der Waals surface area (Å²) in [5, 5.41) is 11.8. The lowest BCUT2D eigenvalue weighted by atomic mass is 10.0. The van der Waals surface area contributed by atoms with Crippen LogP contribution in [0.4, 0.5) is 0 Å². The summed E-state index contributed by atoms with van der Waals surface area (Å²) in [6, 6.07) is 9.79. The second kappa shape index (κ2) is 9.91. The van der Waals surface area contributed by atoms with Crippen molar-refractivity contribution in [1.82, 2.24) is 25.0 Å². The van der Waals surface area contributed by atoms with Gasteiger partial charge in [-0.1, -0.05) is 39.0 Å². The zero-order valence-electron chi connectivity index (χ0n) is 17.3. The van der Waals surface area contributed by atoms with Gasteiger partial charge in [-0.25, -0.2) is 0 Å². The van der Waals surface area contributed by atoms with E-state index >= 15 is 0 Å². The third-order valence-corrected chi connectivity index (χ3v) is 6.09. The fourth-order valence-corrected chi connectivity index (χ4v) is 4.20. The van der Waals surface area contributed by atoms with Gasteiger partial charge >= 0.3 is 0 Å². The molecule has 2 heterocycles. The van der Waals surface area contributed by atoms with Gasteiger partial charge in [0, 0.05) is 37.4 Å². The Morgan fingerprint density at radius 3 is 2.59 bits per heavy atom. The predicted molar refractivity (Wildman–Crippen MR) is 113 cm³/mol. The fourth-order valence-electron chi connectivity index (χ4n) is 3.38. The van der Waals surface area contributed by atoms with Gasteiger partial charge in [0.25, 0.3) is 0 Å². The van der Waals surface area contributed by atoms with E-state index in [2.05, 4.69) is 33.9 Å². The number of rotatable bonds is 7. The highest BCUT2D eigenvalue weighted by Crippen LogP contribution is 2.23. The lowest BCUT2D eigenvalue weighted by Crippen LogP contribution is -2.36. The monoisotopic (exact) mass is 415 g/mol. The Morgan fingerprint density at radius 1 is 1.14 bits per heavy atom. The zero-order valence-corrected chi connectivity index (χ0v) is 18.1. The first-order valence-electron chi connectivity index (χ1n) is 10.2. The molecular weight excluding hydrogens is 386 g/mol. The van der Waals surface area contributed by atoms with Crippen molar-refractivity contribution in [3.8, 4) is 0 Å². The molecule has 1 aliphatic heterocycles. The molecular formula is C21H29N5O2S. The molecule has 1 aromatic heterocycles. The first kappa shape index (κ1) is 21.4. The van der Waals surface area contributed by atoms with Gasteiger partial charge in [0.2, 0.25) is 11.8 Å². The van der Waals surface area contributed by atoms with Crippen molar-refractivity contribution in [3.63, 3.8) is 0 Å². The van der Waals surface area contributed by atoms with E-state index in [9.17, 15) is 9.59 Å². The van der Waals surface area contributed by atoms with E-state index < -0.39 is 0 Å². The SMILES string of the molecule is CCC(=O)NC(c1nnc2n1CCN(C(=O)CSc1ccccc1)CC2)C(C)C. The van der Waals surface area contributed by atoms with Gasteiger partial charge in [-0.3, -0.25) is 9.59 Å². The van der Waals surface area contributed by atoms with Gasteiger partial charge in [-0.2, -0.15) is 0 Å². The Labute approximate surface area is 176 Å². The fraction of sp³-hybridized carbons (Fsp3) is 0.524. The molecule has 1 unspecified atom stereocenters. The van der Waals surface area contributed by atoms with Crippen LogP contribution >= 0.6 is 11.8 Å². The van der Waals surface area contributed by atoms with Crippen LogP contribution in [0.5, 0.6) is 0 Å². The van der Waals surface area contributed by atoms with Gasteiger partial charge < -0.3 is 14.8 Å². The number of carbonyl (C=O) groups is 2. The minimum absolute atomic E-state index is 0.00409. The lowest BCUT2D eigenvalue weighted by molar-refractivity contribution is -0.128. The van der Waals surface area contributed by atoms with Crippen LogP contribution in [0.3, 0.4) is 0 Å². The van der Waals surface area contributed by atoms with E-state index in [4.69, 9.17) is 0 Å². The highest BCUT2D eigenvalue weighted by molar-refractivity contribution is 8.00. The molecule has 1 atom stereocenters. The average molecular weight is 416 g/mol. The van der Waals surface area contributed by atoms with Crippen LogP contribution in [-0.2, 0) is 22.6 Å². The highest BCUT2D eigenvalue weighted by Gasteiger charge is 2.28. The maximum Gasteiger partial charge on any atom is 0.233 e. The topological polar surface area (TPSA) is 80.1 Å². The molecule has 0 saturated heterocycles. The molecule has 0 radical (unpaired) electrons. The summed E-state index contributed by atoms with van der Waals surface area (Å²) >= 11 is 1.56. The number of aromatic nitrogens is 3. The number of thioether (sulfide) groups is 1. The van der Waals surface area contributed by atoms with Crippen molar-refractivity contribution < 1.29 is 9.59 Å². The molecule has 0 spiro atoms. The summed E-state index contributed by atoms with van der Waals surface area (Å²) in [5.41, 5.74) is 0. The van der Waals surface area contributed by atoms with Crippen molar-refractivity contribution in [2.75, 3.05) is 18.8 Å². The molecule has 2 amide bonds. The van der Waals surface area contributed by atoms with E-state index in [1.54, 1.807) is 11.8 Å². The molecule has 7 nitrogen and oxygen atoms in total. The maximum atomic E-state index is 12.7. The van der Waals surface area contributed by atoms with Gasteiger partial charge in [0.15, 0.2) is 5.82 Å². The molecule has 29 heavy (non-hydrogen) atoms. The van der Waals surface area contributed by atoms with Gasteiger partial charge in [0.1, 0.15) is 5.82 Å². The molecule has 0 bridgehead atoms. The molecule has 1 aromatic carbocycles. The summed E-state index contributed by atoms with van der Waals surface area (Å²) in [6.07, 6.45) is 1.10. The minimum Gasteiger partial charge on any atom is -0.346 e. The summed E-state index contributed by atoms with van der Waals surface area (Å²) < 4.78 is 2.08. The molecule has 0 aliphatic carbocycles. The lowest BCUT2D eigenvalue weighted by Gasteiger charge is -2.23. The molecule has 0 saturated carbocycles. The summed E-state index contributed by atoms with van der Waals surface area (Å²) in [6.45, 7) is 7.88. The quantitative estimate of drug-likeness (QED) is 0.704. The number of fused-ring (bicyclic) bond motifs is 1. The van der Waals surface area contributed by atoms with Gasteiger partial charge in [0.05, 0.1) is 11.8 Å². The first-order valence-corrected chi connectivity index (χ1v) is 11.1. The third kappa shape index (κ3) is 5.38. The number of benzene rings is 1. The number of nitrogens with zero attached hydrogens (tertiary/aromatic N) is 4. The second-order valence-corrected chi connectivity index (χ2v) is 8.55. The van der Waals surface area contributed by atoms with Crippen molar-refractivity contribution in [2.24, 2.45) is 5.92 Å². The van der Waals surface area contributed by atoms with Crippen LogP contribution in [0.2, 0.25) is 0 Å². The van der Waals surface area contributed by atoms with Crippen LogP contribution < -0.4 is 5.32 Å². The third-order valence-electron chi connectivity index (χ3n) is 5.10. The van der Waals surface area contributed by atoms with Crippen LogP contribution in [0.1, 0.15) is 44.9 Å². The van der Waals surface area contributed by atoms with E-state index in [-0.39, 0.29) is 23.8 Å². The van der Waals surface area contributed by atoms with Crippen LogP contribution in [0.25, 0.3) is 0 Å². The van der Waals surface area contributed by atoms with Gasteiger partial charge in [-0.15, -0.1) is 22.0 Å². The van der Waals surface area contributed by atoms with Crippen LogP contribution in [0.15, 0.2) is 35.2 Å². The maximum absolute atomic E-state index is 12.7. The molecule has 156 valence electrons.